The van der Waals surface area contributed by atoms with Crippen LogP contribution in [0.4, 0.5) is 6.01 Å². The van der Waals surface area contributed by atoms with Gasteiger partial charge in [0.25, 0.3) is 6.01 Å². The maximum atomic E-state index is 9.79. The number of aromatic nitrogens is 2. The van der Waals surface area contributed by atoms with Crippen LogP contribution in [-0.4, -0.2) is 77.1 Å². The first-order valence-electron chi connectivity index (χ1n) is 16.5. The number of anilines is 1. The molecule has 0 unspecified atom stereocenters. The summed E-state index contributed by atoms with van der Waals surface area (Å²) in [6.45, 7) is 7.67. The summed E-state index contributed by atoms with van der Waals surface area (Å²) in [7, 11) is 2.13. The summed E-state index contributed by atoms with van der Waals surface area (Å²) in [5.74, 6) is 0.937. The number of hydrogen-bond acceptors (Lipinski definition) is 11. The van der Waals surface area contributed by atoms with Crippen molar-refractivity contribution in [2.24, 2.45) is 0 Å². The zero-order valence-electron chi connectivity index (χ0n) is 28.4. The van der Waals surface area contributed by atoms with Gasteiger partial charge in [0.2, 0.25) is 0 Å². The van der Waals surface area contributed by atoms with Crippen LogP contribution >= 0.6 is 11.6 Å². The molecule has 0 bridgehead atoms. The molecule has 5 aromatic rings. The normalized spacial score (nSPS) is 13.8. The summed E-state index contributed by atoms with van der Waals surface area (Å²) >= 11 is 6.75. The zero-order chi connectivity index (χ0) is 35.3. The average molecular weight is 697 g/mol. The van der Waals surface area contributed by atoms with Crippen LogP contribution in [0.25, 0.3) is 22.2 Å². The third-order valence-electron chi connectivity index (χ3n) is 9.13. The molecule has 3 N–H and O–H groups in total. The Balaban J connectivity index is 1.22. The van der Waals surface area contributed by atoms with Gasteiger partial charge in [-0.25, -0.2) is 0 Å². The first-order chi connectivity index (χ1) is 24.2. The predicted molar refractivity (Wildman–Crippen MR) is 192 cm³/mol. The van der Waals surface area contributed by atoms with Crippen molar-refractivity contribution in [3.63, 3.8) is 0 Å². The largest absolute Gasteiger partial charge is 0.488 e. The number of aliphatic hydroxyl groups is 2. The lowest BCUT2D eigenvalue weighted by Crippen LogP contribution is -2.48. The number of pyridine rings is 1. The van der Waals surface area contributed by atoms with Crippen molar-refractivity contribution >= 4 is 28.7 Å². The number of nitriles is 1. The van der Waals surface area contributed by atoms with Gasteiger partial charge < -0.3 is 39.2 Å². The van der Waals surface area contributed by atoms with Crippen molar-refractivity contribution in [1.29, 1.82) is 5.26 Å². The van der Waals surface area contributed by atoms with E-state index < -0.39 is 5.54 Å². The number of ether oxygens (including phenoxy) is 2. The quantitative estimate of drug-likeness (QED) is 0.144. The van der Waals surface area contributed by atoms with Gasteiger partial charge in [0.15, 0.2) is 5.58 Å². The van der Waals surface area contributed by atoms with Crippen LogP contribution in [0.3, 0.4) is 0 Å². The number of likely N-dealkylation sites (N-methyl/N-ethyl adjacent to an activating group) is 1. The van der Waals surface area contributed by atoms with Gasteiger partial charge in [-0.15, -0.1) is 0 Å². The van der Waals surface area contributed by atoms with E-state index in [1.54, 1.807) is 31.3 Å². The Morgan fingerprint density at radius 3 is 2.52 bits per heavy atom. The van der Waals surface area contributed by atoms with E-state index in [2.05, 4.69) is 58.3 Å². The van der Waals surface area contributed by atoms with E-state index in [4.69, 9.17) is 30.5 Å². The predicted octanol–water partition coefficient (Wildman–Crippen LogP) is 5.47. The minimum Gasteiger partial charge on any atom is -0.488 e. The Hall–Kier alpha value is -4.70. The molecule has 3 heterocycles. The van der Waals surface area contributed by atoms with Gasteiger partial charge >= 0.3 is 0 Å². The number of oxazole rings is 1. The van der Waals surface area contributed by atoms with Crippen LogP contribution < -0.4 is 19.7 Å². The van der Waals surface area contributed by atoms with E-state index in [-0.39, 0.29) is 33.0 Å². The van der Waals surface area contributed by atoms with E-state index in [1.165, 1.54) is 6.20 Å². The Labute approximate surface area is 296 Å². The third kappa shape index (κ3) is 8.02. The number of piperazine rings is 1. The first-order valence-corrected chi connectivity index (χ1v) is 16.9. The number of nitrogens with one attached hydrogen (secondary N) is 1. The lowest BCUT2D eigenvalue weighted by Gasteiger charge is -2.31. The summed E-state index contributed by atoms with van der Waals surface area (Å²) in [6, 6.07) is 20.2. The summed E-state index contributed by atoms with van der Waals surface area (Å²) < 4.78 is 18.6. The smallest absolute Gasteiger partial charge is 0.298 e. The molecule has 3 aromatic carbocycles. The molecule has 0 aliphatic carbocycles. The molecule has 260 valence electrons. The summed E-state index contributed by atoms with van der Waals surface area (Å²) in [5, 5.41) is 32.4. The second-order valence-electron chi connectivity index (χ2n) is 13.0. The SMILES string of the molecule is Cc1c(COc2cc(OCc3cncc(C#N)c3)c(CNC(C)(CO)CO)cc2Cl)cccc1-c1ccc2oc(N3CCN(C)CC3)nc2c1. The maximum Gasteiger partial charge on any atom is 0.298 e. The molecule has 2 aromatic heterocycles. The van der Waals surface area contributed by atoms with E-state index in [0.29, 0.717) is 33.7 Å². The highest BCUT2D eigenvalue weighted by Gasteiger charge is 2.23. The van der Waals surface area contributed by atoms with Crippen LogP contribution in [0.2, 0.25) is 5.02 Å². The van der Waals surface area contributed by atoms with E-state index >= 15 is 0 Å². The van der Waals surface area contributed by atoms with Crippen molar-refractivity contribution in [3.05, 3.63) is 99.8 Å². The Morgan fingerprint density at radius 2 is 1.76 bits per heavy atom. The van der Waals surface area contributed by atoms with Gasteiger partial charge in [-0.3, -0.25) is 4.98 Å². The Morgan fingerprint density at radius 1 is 0.980 bits per heavy atom. The van der Waals surface area contributed by atoms with Crippen molar-refractivity contribution in [2.75, 3.05) is 51.3 Å². The molecule has 0 spiro atoms. The molecule has 1 aliphatic heterocycles. The molecule has 1 saturated heterocycles. The molecule has 50 heavy (non-hydrogen) atoms. The topological polar surface area (TPSA) is 140 Å². The highest BCUT2D eigenvalue weighted by molar-refractivity contribution is 6.32. The number of fused-ring (bicyclic) bond motifs is 1. The maximum absolute atomic E-state index is 9.79. The highest BCUT2D eigenvalue weighted by Crippen LogP contribution is 2.36. The van der Waals surface area contributed by atoms with Crippen LogP contribution in [0.5, 0.6) is 11.5 Å². The molecule has 1 aliphatic rings. The molecule has 11 nitrogen and oxygen atoms in total. The molecular weight excluding hydrogens is 656 g/mol. The molecular formula is C38H41ClN6O5. The number of hydrogen-bond donors (Lipinski definition) is 3. The van der Waals surface area contributed by atoms with Crippen LogP contribution in [0.1, 0.15) is 34.7 Å². The number of aliphatic hydroxyl groups excluding tert-OH is 2. The molecule has 0 atom stereocenters. The minimum absolute atomic E-state index is 0.155. The standard InChI is InChI=1S/C38H41ClN6O5/c1-25-29(5-4-6-31(25)28-7-8-34-33(15-28)43-37(50-34)45-11-9-44(3)10-12-45)22-49-36-16-35(48-21-27-13-26(17-40)18-41-19-27)30(14-32(36)39)20-42-38(2,23-46)24-47/h4-8,13-16,18-19,42,46-47H,9-12,20-24H2,1-3H3. The highest BCUT2D eigenvalue weighted by atomic mass is 35.5. The summed E-state index contributed by atoms with van der Waals surface area (Å²) in [4.78, 5) is 13.4. The minimum atomic E-state index is -0.905. The van der Waals surface area contributed by atoms with Gasteiger partial charge in [0.05, 0.1) is 29.3 Å². The van der Waals surface area contributed by atoms with Crippen molar-refractivity contribution in [1.82, 2.24) is 20.2 Å². The van der Waals surface area contributed by atoms with Crippen molar-refractivity contribution < 1.29 is 24.1 Å². The van der Waals surface area contributed by atoms with Gasteiger partial charge in [-0.05, 0) is 67.4 Å². The van der Waals surface area contributed by atoms with Crippen LogP contribution in [0, 0.1) is 18.3 Å². The van der Waals surface area contributed by atoms with Crippen molar-refractivity contribution in [3.8, 4) is 28.7 Å². The fourth-order valence-corrected chi connectivity index (χ4v) is 5.98. The van der Waals surface area contributed by atoms with Gasteiger partial charge in [-0.2, -0.15) is 10.2 Å². The van der Waals surface area contributed by atoms with Crippen LogP contribution in [-0.2, 0) is 19.8 Å². The fourth-order valence-electron chi connectivity index (χ4n) is 5.74. The van der Waals surface area contributed by atoms with E-state index in [9.17, 15) is 15.5 Å². The zero-order valence-corrected chi connectivity index (χ0v) is 29.2. The Bertz CT molecular complexity index is 2000. The molecule has 1 fully saturated rings. The van der Waals surface area contributed by atoms with Crippen molar-refractivity contribution in [2.45, 2.75) is 39.1 Å². The van der Waals surface area contributed by atoms with Gasteiger partial charge in [0, 0.05) is 62.3 Å². The van der Waals surface area contributed by atoms with Crippen LogP contribution in [0.15, 0.2) is 71.4 Å². The molecule has 6 rings (SSSR count). The first kappa shape index (κ1) is 35.1. The lowest BCUT2D eigenvalue weighted by atomic mass is 9.96. The average Bonchev–Trinajstić information content (AvgIpc) is 3.57. The summed E-state index contributed by atoms with van der Waals surface area (Å²) in [6.07, 6.45) is 3.13. The lowest BCUT2D eigenvalue weighted by molar-refractivity contribution is 0.103. The number of benzene rings is 3. The molecule has 0 saturated carbocycles. The van der Waals surface area contributed by atoms with E-state index in [1.807, 2.05) is 18.2 Å². The molecule has 0 amide bonds. The number of nitrogens with zero attached hydrogens (tertiary/aromatic N) is 5. The molecule has 0 radical (unpaired) electrons. The number of rotatable bonds is 13. The Kier molecular flexibility index (Phi) is 10.9. The fraction of sp³-hybridized carbons (Fsp3) is 0.342. The summed E-state index contributed by atoms with van der Waals surface area (Å²) in [5.41, 5.74) is 6.70. The monoisotopic (exact) mass is 696 g/mol. The molecule has 12 heteroatoms. The van der Waals surface area contributed by atoms with Gasteiger partial charge in [0.1, 0.15) is 36.3 Å². The number of halogens is 1. The van der Waals surface area contributed by atoms with E-state index in [0.717, 1.165) is 65.1 Å². The third-order valence-corrected chi connectivity index (χ3v) is 9.42. The second-order valence-corrected chi connectivity index (χ2v) is 13.4. The van der Waals surface area contributed by atoms with Gasteiger partial charge in [-0.1, -0.05) is 35.9 Å². The second kappa shape index (κ2) is 15.5.